The van der Waals surface area contributed by atoms with Crippen LogP contribution in [0.15, 0.2) is 53.2 Å². The first kappa shape index (κ1) is 23.3. The largest absolute Gasteiger partial charge is 0.338 e. The normalized spacial score (nSPS) is 20.9. The highest BCUT2D eigenvalue weighted by atomic mass is 32.1. The van der Waals surface area contributed by atoms with Gasteiger partial charge in [-0.15, -0.1) is 22.7 Å². The molecule has 0 bridgehead atoms. The third kappa shape index (κ3) is 4.69. The molecule has 2 aliphatic heterocycles. The summed E-state index contributed by atoms with van der Waals surface area (Å²) in [6.45, 7) is 7.31. The topological polar surface area (TPSA) is 43.9 Å². The van der Waals surface area contributed by atoms with E-state index in [1.807, 2.05) is 38.6 Å². The summed E-state index contributed by atoms with van der Waals surface area (Å²) in [6, 6.07) is 14.9. The summed E-state index contributed by atoms with van der Waals surface area (Å²) in [6.07, 6.45) is 1.44. The number of hydrogen-bond acceptors (Lipinski definition) is 5. The number of rotatable bonds is 5. The fourth-order valence-electron chi connectivity index (χ4n) is 5.29. The number of hydrogen-bond donors (Lipinski definition) is 0. The minimum absolute atomic E-state index is 0.0298. The third-order valence-electron chi connectivity index (χ3n) is 7.09. The average Bonchev–Trinajstić information content (AvgIpc) is 3.51. The van der Waals surface area contributed by atoms with Crippen molar-refractivity contribution in [1.82, 2.24) is 14.7 Å². The Kier molecular flexibility index (Phi) is 6.86. The van der Waals surface area contributed by atoms with Crippen LogP contribution in [-0.2, 0) is 22.4 Å². The lowest BCUT2D eigenvalue weighted by atomic mass is 9.90. The Hall–Kier alpha value is -2.48. The zero-order valence-electron chi connectivity index (χ0n) is 19.8. The predicted molar refractivity (Wildman–Crippen MR) is 138 cm³/mol. The lowest BCUT2D eigenvalue weighted by Gasteiger charge is -2.42. The Balaban J connectivity index is 1.27. The number of aryl methyl sites for hydroxylation is 1. The molecule has 0 spiro atoms. The summed E-state index contributed by atoms with van der Waals surface area (Å²) in [7, 11) is 0. The Bertz CT molecular complexity index is 1160. The van der Waals surface area contributed by atoms with Gasteiger partial charge in [-0.25, -0.2) is 0 Å². The van der Waals surface area contributed by atoms with Crippen LogP contribution in [0.3, 0.4) is 0 Å². The second kappa shape index (κ2) is 10.0. The van der Waals surface area contributed by atoms with Gasteiger partial charge >= 0.3 is 0 Å². The lowest BCUT2D eigenvalue weighted by molar-refractivity contribution is -0.143. The Morgan fingerprint density at radius 2 is 1.79 bits per heavy atom. The first-order chi connectivity index (χ1) is 16.5. The van der Waals surface area contributed by atoms with Crippen LogP contribution in [0.4, 0.5) is 0 Å². The summed E-state index contributed by atoms with van der Waals surface area (Å²) in [5.41, 5.74) is 3.89. The molecule has 5 nitrogen and oxygen atoms in total. The van der Waals surface area contributed by atoms with Crippen LogP contribution >= 0.6 is 22.7 Å². The highest BCUT2D eigenvalue weighted by Gasteiger charge is 2.34. The average molecular weight is 494 g/mol. The van der Waals surface area contributed by atoms with Crippen LogP contribution in [0.5, 0.6) is 0 Å². The van der Waals surface area contributed by atoms with Crippen molar-refractivity contribution >= 4 is 34.5 Å². The van der Waals surface area contributed by atoms with Crippen LogP contribution in [0.1, 0.15) is 39.4 Å². The molecular formula is C27H31N3O2S2. The summed E-state index contributed by atoms with van der Waals surface area (Å²) in [5.74, 6) is 0.317. The van der Waals surface area contributed by atoms with Crippen molar-refractivity contribution < 1.29 is 9.59 Å². The minimum atomic E-state index is 0.0298. The van der Waals surface area contributed by atoms with Gasteiger partial charge < -0.3 is 9.80 Å². The molecule has 0 unspecified atom stereocenters. The fourth-order valence-corrected chi connectivity index (χ4v) is 6.89. The molecule has 0 saturated carbocycles. The summed E-state index contributed by atoms with van der Waals surface area (Å²) < 4.78 is 0. The van der Waals surface area contributed by atoms with Crippen LogP contribution in [-0.4, -0.2) is 65.3 Å². The maximum absolute atomic E-state index is 13.4. The highest BCUT2D eigenvalue weighted by molar-refractivity contribution is 7.10. The molecule has 2 amide bonds. The van der Waals surface area contributed by atoms with E-state index in [9.17, 15) is 9.59 Å². The number of piperazine rings is 1. The Morgan fingerprint density at radius 3 is 2.56 bits per heavy atom. The summed E-state index contributed by atoms with van der Waals surface area (Å²) >= 11 is 3.44. The van der Waals surface area contributed by atoms with Gasteiger partial charge in [0.1, 0.15) is 0 Å². The standard InChI is InChI=1S/C27H31N3O2S2/c1-19-6-3-4-8-22(19)27-23-10-15-34-24(23)9-11-29(27)18-26(32)28-12-13-30(20(2)17-28)25(31)16-21-7-5-14-33-21/h3-8,10,14-15,20,27H,9,11-13,16-18H2,1-2H3/t20-,27+/m0/s1. The number of nitrogens with zero attached hydrogens (tertiary/aromatic N) is 3. The Morgan fingerprint density at radius 1 is 0.941 bits per heavy atom. The first-order valence-corrected chi connectivity index (χ1v) is 13.7. The number of thiophene rings is 2. The molecule has 0 N–H and O–H groups in total. The van der Waals surface area contributed by atoms with Crippen molar-refractivity contribution in [3.63, 3.8) is 0 Å². The highest BCUT2D eigenvalue weighted by Crippen LogP contribution is 2.38. The molecule has 34 heavy (non-hydrogen) atoms. The molecule has 2 aliphatic rings. The molecule has 7 heteroatoms. The number of amides is 2. The molecular weight excluding hydrogens is 462 g/mol. The van der Waals surface area contributed by atoms with Gasteiger partial charge in [0.15, 0.2) is 0 Å². The van der Waals surface area contributed by atoms with Gasteiger partial charge in [-0.1, -0.05) is 30.3 Å². The van der Waals surface area contributed by atoms with E-state index in [2.05, 4.69) is 54.5 Å². The van der Waals surface area contributed by atoms with Gasteiger partial charge in [0.2, 0.25) is 11.8 Å². The molecule has 3 aromatic rings. The molecule has 0 radical (unpaired) electrons. The van der Waals surface area contributed by atoms with Gasteiger partial charge in [0.05, 0.1) is 19.0 Å². The molecule has 2 atom stereocenters. The van der Waals surface area contributed by atoms with E-state index in [1.54, 1.807) is 11.3 Å². The molecule has 0 aliphatic carbocycles. The zero-order chi connectivity index (χ0) is 23.7. The van der Waals surface area contributed by atoms with E-state index < -0.39 is 0 Å². The SMILES string of the molecule is Cc1ccccc1[C@@H]1c2ccsc2CCN1CC(=O)N1CCN(C(=O)Cc2cccs2)[C@@H](C)C1. The summed E-state index contributed by atoms with van der Waals surface area (Å²) in [5, 5.41) is 4.18. The zero-order valence-corrected chi connectivity index (χ0v) is 21.4. The molecule has 1 fully saturated rings. The van der Waals surface area contributed by atoms with Crippen molar-refractivity contribution in [1.29, 1.82) is 0 Å². The van der Waals surface area contributed by atoms with E-state index in [0.717, 1.165) is 17.8 Å². The molecule has 5 rings (SSSR count). The number of carbonyl (C=O) groups is 2. The van der Waals surface area contributed by atoms with Crippen LogP contribution in [0.2, 0.25) is 0 Å². The lowest BCUT2D eigenvalue weighted by Crippen LogP contribution is -2.57. The van der Waals surface area contributed by atoms with E-state index >= 15 is 0 Å². The predicted octanol–water partition coefficient (Wildman–Crippen LogP) is 4.37. The first-order valence-electron chi connectivity index (χ1n) is 12.0. The molecule has 1 aromatic carbocycles. The smallest absolute Gasteiger partial charge is 0.236 e. The van der Waals surface area contributed by atoms with Crippen LogP contribution in [0, 0.1) is 6.92 Å². The van der Waals surface area contributed by atoms with E-state index in [0.29, 0.717) is 32.6 Å². The third-order valence-corrected chi connectivity index (χ3v) is 8.97. The molecule has 2 aromatic heterocycles. The van der Waals surface area contributed by atoms with Crippen LogP contribution < -0.4 is 0 Å². The Labute approximate surface area is 209 Å². The van der Waals surface area contributed by atoms with Crippen molar-refractivity contribution in [3.05, 3.63) is 79.7 Å². The second-order valence-corrected chi connectivity index (χ2v) is 11.3. The van der Waals surface area contributed by atoms with Gasteiger partial charge in [-0.2, -0.15) is 0 Å². The minimum Gasteiger partial charge on any atom is -0.338 e. The number of fused-ring (bicyclic) bond motifs is 1. The fraction of sp³-hybridized carbons (Fsp3) is 0.407. The molecule has 4 heterocycles. The van der Waals surface area contributed by atoms with E-state index in [-0.39, 0.29) is 23.9 Å². The van der Waals surface area contributed by atoms with Crippen molar-refractivity contribution in [3.8, 4) is 0 Å². The molecule has 178 valence electrons. The van der Waals surface area contributed by atoms with E-state index in [4.69, 9.17) is 0 Å². The van der Waals surface area contributed by atoms with Crippen molar-refractivity contribution in [2.45, 2.75) is 38.8 Å². The van der Waals surface area contributed by atoms with Gasteiger partial charge in [0.25, 0.3) is 0 Å². The van der Waals surface area contributed by atoms with E-state index in [1.165, 1.54) is 21.6 Å². The molecule has 1 saturated heterocycles. The number of carbonyl (C=O) groups excluding carboxylic acids is 2. The maximum atomic E-state index is 13.4. The van der Waals surface area contributed by atoms with Gasteiger partial charge in [-0.3, -0.25) is 14.5 Å². The quantitative estimate of drug-likeness (QED) is 0.530. The van der Waals surface area contributed by atoms with Crippen molar-refractivity contribution in [2.24, 2.45) is 0 Å². The second-order valence-electron chi connectivity index (χ2n) is 9.31. The maximum Gasteiger partial charge on any atom is 0.236 e. The number of benzene rings is 1. The van der Waals surface area contributed by atoms with Gasteiger partial charge in [-0.05, 0) is 59.9 Å². The van der Waals surface area contributed by atoms with Crippen LogP contribution in [0.25, 0.3) is 0 Å². The summed E-state index contributed by atoms with van der Waals surface area (Å²) in [4.78, 5) is 35.0. The van der Waals surface area contributed by atoms with Crippen molar-refractivity contribution in [2.75, 3.05) is 32.7 Å². The monoisotopic (exact) mass is 493 g/mol. The van der Waals surface area contributed by atoms with Gasteiger partial charge in [0, 0.05) is 42.0 Å².